The van der Waals surface area contributed by atoms with E-state index in [0.717, 1.165) is 32.5 Å². The molecule has 1 aliphatic heterocycles. The quantitative estimate of drug-likeness (QED) is 0.812. The first-order chi connectivity index (χ1) is 8.83. The van der Waals surface area contributed by atoms with E-state index in [1.54, 1.807) is 0 Å². The number of nitrogens with zero attached hydrogens (tertiary/aromatic N) is 1. The Labute approximate surface area is 110 Å². The van der Waals surface area contributed by atoms with Crippen molar-refractivity contribution in [2.45, 2.75) is 31.8 Å². The molecule has 1 aliphatic rings. The fraction of sp³-hybridized carbons (Fsp3) is 0.500. The van der Waals surface area contributed by atoms with Crippen LogP contribution < -0.4 is 5.32 Å². The monoisotopic (exact) mass is 242 g/mol. The molecule has 0 bridgehead atoms. The van der Waals surface area contributed by atoms with E-state index in [-0.39, 0.29) is 0 Å². The summed E-state index contributed by atoms with van der Waals surface area (Å²) in [6, 6.07) is 11.8. The van der Waals surface area contributed by atoms with Crippen LogP contribution in [0.1, 0.15) is 18.9 Å². The Kier molecular flexibility index (Phi) is 4.81. The molecule has 1 heterocycles. The molecule has 96 valence electrons. The average Bonchev–Trinajstić information content (AvgIpc) is 2.41. The highest BCUT2D eigenvalue weighted by molar-refractivity contribution is 5.16. The molecule has 0 aromatic heterocycles. The fourth-order valence-electron chi connectivity index (χ4n) is 2.68. The van der Waals surface area contributed by atoms with Crippen LogP contribution in [0.15, 0.2) is 30.3 Å². The van der Waals surface area contributed by atoms with Gasteiger partial charge in [0.2, 0.25) is 0 Å². The molecule has 1 fully saturated rings. The predicted octanol–water partition coefficient (Wildman–Crippen LogP) is 1.91. The normalized spacial score (nSPS) is 24.7. The molecule has 0 saturated carbocycles. The second kappa shape index (κ2) is 6.58. The van der Waals surface area contributed by atoms with Gasteiger partial charge >= 0.3 is 0 Å². The lowest BCUT2D eigenvalue weighted by molar-refractivity contribution is 0.143. The van der Waals surface area contributed by atoms with E-state index in [4.69, 9.17) is 6.42 Å². The molecule has 2 nitrogen and oxygen atoms in total. The van der Waals surface area contributed by atoms with Crippen molar-refractivity contribution in [1.29, 1.82) is 0 Å². The minimum absolute atomic E-state index is 0.517. The molecular weight excluding hydrogens is 220 g/mol. The molecule has 2 atom stereocenters. The van der Waals surface area contributed by atoms with Crippen molar-refractivity contribution in [3.63, 3.8) is 0 Å². The number of piperazine rings is 1. The van der Waals surface area contributed by atoms with Crippen LogP contribution in [0.2, 0.25) is 0 Å². The third-order valence-electron chi connectivity index (χ3n) is 3.70. The van der Waals surface area contributed by atoms with Crippen molar-refractivity contribution in [1.82, 2.24) is 10.2 Å². The number of hydrogen-bond acceptors (Lipinski definition) is 2. The van der Waals surface area contributed by atoms with Crippen LogP contribution in [0.5, 0.6) is 0 Å². The lowest BCUT2D eigenvalue weighted by atomic mass is 10.0. The van der Waals surface area contributed by atoms with E-state index < -0.39 is 0 Å². The predicted molar refractivity (Wildman–Crippen MR) is 76.4 cm³/mol. The van der Waals surface area contributed by atoms with Crippen molar-refractivity contribution >= 4 is 0 Å². The number of terminal acetylenes is 1. The van der Waals surface area contributed by atoms with Gasteiger partial charge in [-0.25, -0.2) is 0 Å². The second-order valence-corrected chi connectivity index (χ2v) is 4.99. The highest BCUT2D eigenvalue weighted by Gasteiger charge is 2.25. The van der Waals surface area contributed by atoms with E-state index in [9.17, 15) is 0 Å². The Hall–Kier alpha value is -1.30. The largest absolute Gasteiger partial charge is 0.311 e. The first kappa shape index (κ1) is 13.1. The zero-order chi connectivity index (χ0) is 12.8. The minimum atomic E-state index is 0.517. The molecule has 0 aliphatic carbocycles. The lowest BCUT2D eigenvalue weighted by Gasteiger charge is -2.39. The Balaban J connectivity index is 1.94. The first-order valence-electron chi connectivity index (χ1n) is 6.78. The van der Waals surface area contributed by atoms with Crippen molar-refractivity contribution in [2.24, 2.45) is 0 Å². The summed E-state index contributed by atoms with van der Waals surface area (Å²) in [6.45, 7) is 5.10. The average molecular weight is 242 g/mol. The Bertz CT molecular complexity index is 393. The lowest BCUT2D eigenvalue weighted by Crippen LogP contribution is -2.56. The summed E-state index contributed by atoms with van der Waals surface area (Å²) in [5.74, 6) is 2.78. The van der Waals surface area contributed by atoms with Gasteiger partial charge < -0.3 is 5.32 Å². The summed E-state index contributed by atoms with van der Waals surface area (Å²) in [4.78, 5) is 2.43. The third-order valence-corrected chi connectivity index (χ3v) is 3.70. The second-order valence-electron chi connectivity index (χ2n) is 4.99. The van der Waals surface area contributed by atoms with Crippen LogP contribution in [0.3, 0.4) is 0 Å². The molecular formula is C16H22N2. The van der Waals surface area contributed by atoms with Crippen LogP contribution in [0.25, 0.3) is 0 Å². The van der Waals surface area contributed by atoms with E-state index >= 15 is 0 Å². The summed E-state index contributed by atoms with van der Waals surface area (Å²) in [5.41, 5.74) is 1.39. The third kappa shape index (κ3) is 3.35. The van der Waals surface area contributed by atoms with Gasteiger partial charge in [0.05, 0.1) is 6.54 Å². The van der Waals surface area contributed by atoms with Crippen LogP contribution in [-0.2, 0) is 6.42 Å². The van der Waals surface area contributed by atoms with Gasteiger partial charge in [0.15, 0.2) is 0 Å². The Morgan fingerprint density at radius 3 is 2.83 bits per heavy atom. The van der Waals surface area contributed by atoms with Crippen molar-refractivity contribution < 1.29 is 0 Å². The SMILES string of the molecule is C#CCN1CC(Cc2ccccc2)NCC1CC. The number of benzene rings is 1. The fourth-order valence-corrected chi connectivity index (χ4v) is 2.68. The zero-order valence-corrected chi connectivity index (χ0v) is 11.1. The van der Waals surface area contributed by atoms with Gasteiger partial charge in [-0.05, 0) is 18.4 Å². The summed E-state index contributed by atoms with van der Waals surface area (Å²) in [6.07, 6.45) is 7.70. The summed E-state index contributed by atoms with van der Waals surface area (Å²) >= 11 is 0. The molecule has 1 saturated heterocycles. The van der Waals surface area contributed by atoms with E-state index in [2.05, 4.69) is 53.4 Å². The van der Waals surface area contributed by atoms with Gasteiger partial charge in [0.1, 0.15) is 0 Å². The van der Waals surface area contributed by atoms with Crippen LogP contribution in [-0.4, -0.2) is 36.6 Å². The Morgan fingerprint density at radius 1 is 1.39 bits per heavy atom. The Morgan fingerprint density at radius 2 is 2.17 bits per heavy atom. The first-order valence-corrected chi connectivity index (χ1v) is 6.78. The van der Waals surface area contributed by atoms with E-state index in [0.29, 0.717) is 12.1 Å². The number of hydrogen-bond donors (Lipinski definition) is 1. The molecule has 2 unspecified atom stereocenters. The highest BCUT2D eigenvalue weighted by atomic mass is 15.2. The molecule has 0 spiro atoms. The molecule has 0 amide bonds. The van der Waals surface area contributed by atoms with Gasteiger partial charge in [0, 0.05) is 25.2 Å². The summed E-state index contributed by atoms with van der Waals surface area (Å²) in [5, 5.41) is 3.65. The zero-order valence-electron chi connectivity index (χ0n) is 11.1. The maximum Gasteiger partial charge on any atom is 0.0602 e. The van der Waals surface area contributed by atoms with Gasteiger partial charge in [0.25, 0.3) is 0 Å². The molecule has 1 N–H and O–H groups in total. The van der Waals surface area contributed by atoms with Gasteiger partial charge in [-0.2, -0.15) is 0 Å². The van der Waals surface area contributed by atoms with Gasteiger partial charge in [-0.3, -0.25) is 4.90 Å². The summed E-state index contributed by atoms with van der Waals surface area (Å²) in [7, 11) is 0. The van der Waals surface area contributed by atoms with Crippen molar-refractivity contribution in [2.75, 3.05) is 19.6 Å². The van der Waals surface area contributed by atoms with Crippen LogP contribution in [0, 0.1) is 12.3 Å². The standard InChI is InChI=1S/C16H22N2/c1-3-10-18-13-15(17-12-16(18)4-2)11-14-8-6-5-7-9-14/h1,5-9,15-17H,4,10-13H2,2H3. The van der Waals surface area contributed by atoms with Gasteiger partial charge in [-0.15, -0.1) is 6.42 Å². The topological polar surface area (TPSA) is 15.3 Å². The molecule has 0 radical (unpaired) electrons. The van der Waals surface area contributed by atoms with Gasteiger partial charge in [-0.1, -0.05) is 43.2 Å². The summed E-state index contributed by atoms with van der Waals surface area (Å²) < 4.78 is 0. The van der Waals surface area contributed by atoms with E-state index in [1.165, 1.54) is 5.56 Å². The number of nitrogens with one attached hydrogen (secondary N) is 1. The molecule has 1 aromatic rings. The maximum atomic E-state index is 5.46. The minimum Gasteiger partial charge on any atom is -0.311 e. The molecule has 2 rings (SSSR count). The van der Waals surface area contributed by atoms with Crippen LogP contribution >= 0.6 is 0 Å². The molecule has 1 aromatic carbocycles. The molecule has 2 heteroatoms. The van der Waals surface area contributed by atoms with E-state index in [1.807, 2.05) is 0 Å². The highest BCUT2D eigenvalue weighted by Crippen LogP contribution is 2.13. The van der Waals surface area contributed by atoms with Crippen molar-refractivity contribution in [3.05, 3.63) is 35.9 Å². The maximum absolute atomic E-state index is 5.46. The van der Waals surface area contributed by atoms with Crippen molar-refractivity contribution in [3.8, 4) is 12.3 Å². The molecule has 18 heavy (non-hydrogen) atoms. The van der Waals surface area contributed by atoms with Crippen LogP contribution in [0.4, 0.5) is 0 Å². The smallest absolute Gasteiger partial charge is 0.0602 e. The number of rotatable bonds is 4.